The SMILES string of the molecule is C=C(Nc1cccc(OC)c1)c1ccc(C)cc1. The zero-order valence-corrected chi connectivity index (χ0v) is 10.7. The molecule has 2 aromatic rings. The molecule has 92 valence electrons. The zero-order valence-electron chi connectivity index (χ0n) is 10.7. The predicted molar refractivity (Wildman–Crippen MR) is 76.8 cm³/mol. The summed E-state index contributed by atoms with van der Waals surface area (Å²) in [5.41, 5.74) is 4.18. The van der Waals surface area contributed by atoms with Gasteiger partial charge in [-0.1, -0.05) is 42.5 Å². The van der Waals surface area contributed by atoms with Crippen molar-refractivity contribution >= 4 is 11.4 Å². The third-order valence-electron chi connectivity index (χ3n) is 2.76. The van der Waals surface area contributed by atoms with Crippen LogP contribution in [-0.4, -0.2) is 7.11 Å². The highest BCUT2D eigenvalue weighted by atomic mass is 16.5. The summed E-state index contributed by atoms with van der Waals surface area (Å²) in [5.74, 6) is 0.830. The van der Waals surface area contributed by atoms with Crippen LogP contribution in [0.1, 0.15) is 11.1 Å². The number of hydrogen-bond donors (Lipinski definition) is 1. The van der Waals surface area contributed by atoms with E-state index < -0.39 is 0 Å². The van der Waals surface area contributed by atoms with Crippen molar-refractivity contribution in [1.29, 1.82) is 0 Å². The molecule has 0 bridgehead atoms. The van der Waals surface area contributed by atoms with Crippen molar-refractivity contribution in [3.8, 4) is 5.75 Å². The van der Waals surface area contributed by atoms with E-state index in [2.05, 4.69) is 43.1 Å². The van der Waals surface area contributed by atoms with E-state index >= 15 is 0 Å². The minimum Gasteiger partial charge on any atom is -0.497 e. The highest BCUT2D eigenvalue weighted by Crippen LogP contribution is 2.21. The van der Waals surface area contributed by atoms with Crippen LogP contribution in [0.25, 0.3) is 5.70 Å². The van der Waals surface area contributed by atoms with Gasteiger partial charge in [-0.15, -0.1) is 0 Å². The minimum atomic E-state index is 0.830. The third-order valence-corrected chi connectivity index (χ3v) is 2.76. The second-order valence-corrected chi connectivity index (χ2v) is 4.20. The van der Waals surface area contributed by atoms with Gasteiger partial charge in [0.05, 0.1) is 7.11 Å². The summed E-state index contributed by atoms with van der Waals surface area (Å²) in [6, 6.07) is 16.1. The summed E-state index contributed by atoms with van der Waals surface area (Å²) in [4.78, 5) is 0. The van der Waals surface area contributed by atoms with E-state index in [-0.39, 0.29) is 0 Å². The summed E-state index contributed by atoms with van der Waals surface area (Å²) < 4.78 is 5.19. The van der Waals surface area contributed by atoms with Crippen molar-refractivity contribution in [2.24, 2.45) is 0 Å². The number of ether oxygens (including phenoxy) is 1. The van der Waals surface area contributed by atoms with Gasteiger partial charge in [0, 0.05) is 17.5 Å². The molecule has 0 amide bonds. The normalized spacial score (nSPS) is 9.89. The second-order valence-electron chi connectivity index (χ2n) is 4.20. The first-order valence-corrected chi connectivity index (χ1v) is 5.86. The molecule has 0 spiro atoms. The highest BCUT2D eigenvalue weighted by molar-refractivity contribution is 5.75. The standard InChI is InChI=1S/C16H17NO/c1-12-7-9-14(10-8-12)13(2)17-15-5-4-6-16(11-15)18-3/h4-11,17H,2H2,1,3H3. The Labute approximate surface area is 108 Å². The van der Waals surface area contributed by atoms with Crippen LogP contribution in [0.3, 0.4) is 0 Å². The molecule has 2 aromatic carbocycles. The Morgan fingerprint density at radius 3 is 2.50 bits per heavy atom. The molecule has 0 unspecified atom stereocenters. The van der Waals surface area contributed by atoms with Crippen LogP contribution in [0.15, 0.2) is 55.1 Å². The molecule has 1 N–H and O–H groups in total. The van der Waals surface area contributed by atoms with E-state index in [0.717, 1.165) is 22.7 Å². The lowest BCUT2D eigenvalue weighted by atomic mass is 10.1. The van der Waals surface area contributed by atoms with Crippen molar-refractivity contribution in [1.82, 2.24) is 0 Å². The fourth-order valence-corrected chi connectivity index (χ4v) is 1.70. The van der Waals surface area contributed by atoms with E-state index in [1.54, 1.807) is 7.11 Å². The predicted octanol–water partition coefficient (Wildman–Crippen LogP) is 4.09. The van der Waals surface area contributed by atoms with Gasteiger partial charge in [-0.25, -0.2) is 0 Å². The fraction of sp³-hybridized carbons (Fsp3) is 0.125. The van der Waals surface area contributed by atoms with Gasteiger partial charge in [0.25, 0.3) is 0 Å². The molecular weight excluding hydrogens is 222 g/mol. The maximum Gasteiger partial charge on any atom is 0.120 e. The lowest BCUT2D eigenvalue weighted by molar-refractivity contribution is 0.415. The fourth-order valence-electron chi connectivity index (χ4n) is 1.70. The van der Waals surface area contributed by atoms with Crippen molar-refractivity contribution < 1.29 is 4.74 Å². The second kappa shape index (κ2) is 5.41. The zero-order chi connectivity index (χ0) is 13.0. The summed E-state index contributed by atoms with van der Waals surface area (Å²) in [6.45, 7) is 6.12. The smallest absolute Gasteiger partial charge is 0.120 e. The van der Waals surface area contributed by atoms with Gasteiger partial charge in [-0.2, -0.15) is 0 Å². The van der Waals surface area contributed by atoms with Gasteiger partial charge in [-0.05, 0) is 24.6 Å². The number of anilines is 1. The summed E-state index contributed by atoms with van der Waals surface area (Å²) in [7, 11) is 1.66. The van der Waals surface area contributed by atoms with E-state index in [9.17, 15) is 0 Å². The Balaban J connectivity index is 2.13. The van der Waals surface area contributed by atoms with Crippen LogP contribution >= 0.6 is 0 Å². The molecule has 18 heavy (non-hydrogen) atoms. The average molecular weight is 239 g/mol. The number of benzene rings is 2. The van der Waals surface area contributed by atoms with Crippen LogP contribution in [-0.2, 0) is 0 Å². The molecule has 0 radical (unpaired) electrons. The average Bonchev–Trinajstić information content (AvgIpc) is 2.39. The maximum absolute atomic E-state index is 5.19. The van der Waals surface area contributed by atoms with Gasteiger partial charge in [0.15, 0.2) is 0 Å². The van der Waals surface area contributed by atoms with Gasteiger partial charge < -0.3 is 10.1 Å². The Bertz CT molecular complexity index is 543. The topological polar surface area (TPSA) is 21.3 Å². The Hall–Kier alpha value is -2.22. The van der Waals surface area contributed by atoms with Crippen molar-refractivity contribution in [3.05, 3.63) is 66.2 Å². The Morgan fingerprint density at radius 1 is 1.11 bits per heavy atom. The first-order chi connectivity index (χ1) is 8.69. The van der Waals surface area contributed by atoms with Gasteiger partial charge in [0.1, 0.15) is 5.75 Å². The molecule has 2 nitrogen and oxygen atoms in total. The van der Waals surface area contributed by atoms with Crippen LogP contribution in [0, 0.1) is 6.92 Å². The van der Waals surface area contributed by atoms with E-state index in [1.807, 2.05) is 24.3 Å². The van der Waals surface area contributed by atoms with Gasteiger partial charge >= 0.3 is 0 Å². The number of hydrogen-bond acceptors (Lipinski definition) is 2. The first-order valence-electron chi connectivity index (χ1n) is 5.86. The molecule has 0 aromatic heterocycles. The third kappa shape index (κ3) is 2.92. The van der Waals surface area contributed by atoms with Crippen LogP contribution in [0.4, 0.5) is 5.69 Å². The number of rotatable bonds is 4. The highest BCUT2D eigenvalue weighted by Gasteiger charge is 2.00. The quantitative estimate of drug-likeness (QED) is 0.867. The molecule has 2 rings (SSSR count). The number of aryl methyl sites for hydroxylation is 1. The minimum absolute atomic E-state index is 0.830. The molecule has 0 heterocycles. The molecule has 2 heteroatoms. The first kappa shape index (κ1) is 12.2. The number of methoxy groups -OCH3 is 1. The summed E-state index contributed by atoms with van der Waals surface area (Å²) in [5, 5.41) is 3.28. The molecule has 0 atom stereocenters. The van der Waals surface area contributed by atoms with Crippen LogP contribution in [0.2, 0.25) is 0 Å². The molecule has 0 saturated carbocycles. The lowest BCUT2D eigenvalue weighted by Crippen LogP contribution is -1.97. The van der Waals surface area contributed by atoms with Gasteiger partial charge in [0.2, 0.25) is 0 Å². The van der Waals surface area contributed by atoms with Crippen molar-refractivity contribution in [3.63, 3.8) is 0 Å². The molecular formula is C16H17NO. The lowest BCUT2D eigenvalue weighted by Gasteiger charge is -2.11. The van der Waals surface area contributed by atoms with Crippen LogP contribution in [0.5, 0.6) is 5.75 Å². The van der Waals surface area contributed by atoms with Crippen LogP contribution < -0.4 is 10.1 Å². The molecule has 0 aliphatic heterocycles. The van der Waals surface area contributed by atoms with E-state index in [4.69, 9.17) is 4.74 Å². The summed E-state index contributed by atoms with van der Waals surface area (Å²) in [6.07, 6.45) is 0. The molecule has 0 saturated heterocycles. The van der Waals surface area contributed by atoms with Gasteiger partial charge in [-0.3, -0.25) is 0 Å². The summed E-state index contributed by atoms with van der Waals surface area (Å²) >= 11 is 0. The number of nitrogens with one attached hydrogen (secondary N) is 1. The molecule has 0 aliphatic carbocycles. The van der Waals surface area contributed by atoms with E-state index in [0.29, 0.717) is 0 Å². The van der Waals surface area contributed by atoms with E-state index in [1.165, 1.54) is 5.56 Å². The Kier molecular flexibility index (Phi) is 3.68. The monoisotopic (exact) mass is 239 g/mol. The molecule has 0 fully saturated rings. The van der Waals surface area contributed by atoms with Crippen molar-refractivity contribution in [2.45, 2.75) is 6.92 Å². The molecule has 0 aliphatic rings. The maximum atomic E-state index is 5.19. The Morgan fingerprint density at radius 2 is 1.83 bits per heavy atom. The van der Waals surface area contributed by atoms with Crippen molar-refractivity contribution in [2.75, 3.05) is 12.4 Å². The largest absolute Gasteiger partial charge is 0.497 e.